The number of thiophene rings is 3. The normalized spacial score (nSPS) is 12.2. The Balaban J connectivity index is 0.707. The van der Waals surface area contributed by atoms with Gasteiger partial charge in [0.25, 0.3) is 0 Å². The fourth-order valence-electron chi connectivity index (χ4n) is 14.5. The molecule has 0 aliphatic heterocycles. The maximum atomic E-state index is 7.12. The van der Waals surface area contributed by atoms with E-state index >= 15 is 0 Å². The van der Waals surface area contributed by atoms with Crippen LogP contribution < -0.4 is 9.80 Å². The average molecular weight is 1210 g/mol. The topological polar surface area (TPSA) is 32.8 Å². The number of rotatable bonds is 8. The largest absolute Gasteiger partial charge is 0.454 e. The summed E-state index contributed by atoms with van der Waals surface area (Å²) < 4.78 is 21.7. The van der Waals surface area contributed by atoms with E-state index in [0.29, 0.717) is 0 Å². The second kappa shape index (κ2) is 19.7. The van der Waals surface area contributed by atoms with Gasteiger partial charge in [-0.1, -0.05) is 170 Å². The maximum Gasteiger partial charge on any atom is 0.159 e. The van der Waals surface area contributed by atoms with Crippen LogP contribution in [-0.2, 0) is 0 Å². The third-order valence-corrected chi connectivity index (χ3v) is 22.3. The zero-order valence-electron chi connectivity index (χ0n) is 48.6. The van der Waals surface area contributed by atoms with Gasteiger partial charge < -0.3 is 18.6 Å². The lowest BCUT2D eigenvalue weighted by Crippen LogP contribution is -2.10. The van der Waals surface area contributed by atoms with Crippen molar-refractivity contribution in [3.8, 4) is 22.3 Å². The van der Waals surface area contributed by atoms with E-state index < -0.39 is 0 Å². The highest BCUT2D eigenvalue weighted by Gasteiger charge is 2.25. The lowest BCUT2D eigenvalue weighted by atomic mass is 9.97. The molecule has 0 amide bonds. The lowest BCUT2D eigenvalue weighted by Gasteiger charge is -2.26. The Morgan fingerprint density at radius 2 is 0.725 bits per heavy atom. The molecule has 0 fully saturated rings. The number of hydrogen-bond acceptors (Lipinski definition) is 7. The molecule has 91 heavy (non-hydrogen) atoms. The van der Waals surface area contributed by atoms with Gasteiger partial charge in [-0.05, 0) is 176 Å². The quantitative estimate of drug-likeness (QED) is 0.152. The highest BCUT2D eigenvalue weighted by Crippen LogP contribution is 2.51. The summed E-state index contributed by atoms with van der Waals surface area (Å²) >= 11 is 5.56. The van der Waals surface area contributed by atoms with Crippen LogP contribution >= 0.6 is 34.0 Å². The van der Waals surface area contributed by atoms with Crippen molar-refractivity contribution in [3.63, 3.8) is 0 Å². The molecule has 20 rings (SSSR count). The van der Waals surface area contributed by atoms with Crippen LogP contribution in [0.2, 0.25) is 0 Å². The number of anilines is 6. The van der Waals surface area contributed by atoms with Crippen molar-refractivity contribution >= 4 is 205 Å². The molecular weight excluding hydrogens is 1170 g/mol. The number of furan rings is 2. The summed E-state index contributed by atoms with van der Waals surface area (Å²) in [4.78, 5) is 4.73. The summed E-state index contributed by atoms with van der Waals surface area (Å²) in [6.45, 7) is 0. The van der Waals surface area contributed by atoms with Gasteiger partial charge in [0.15, 0.2) is 11.2 Å². The standard InChI is InChI=1S/C84H48N2O2S3/c1-2-19-57(20-3-1)85(60-36-37-64-63-23-8-9-29-75(63)89-78(64)48-60)71-27-12-25-67-80-74(87-81(67)71)41-39-66-70-45-55-31-30-54(42-56(55)47-77(70)91-84(66)80)51-18-10-21-59(43-51)86(58-34-32-50(33-35-58)62-24-11-17-49-14-6-7-22-61(49)62)72-28-13-26-68-79-73(88-82(68)72)40-38-65-69-44-52-15-4-5-16-53(52)46-76(69)90-83(65)79/h1-48H. The van der Waals surface area contributed by atoms with Crippen LogP contribution in [0.1, 0.15) is 0 Å². The Labute approximate surface area is 533 Å². The van der Waals surface area contributed by atoms with Crippen LogP contribution in [0.3, 0.4) is 0 Å². The van der Waals surface area contributed by atoms with E-state index in [2.05, 4.69) is 301 Å². The number of fused-ring (bicyclic) bond motifs is 20. The van der Waals surface area contributed by atoms with E-state index in [1.807, 2.05) is 34.0 Å². The molecular formula is C84H48N2O2S3. The zero-order valence-corrected chi connectivity index (χ0v) is 51.1. The number of para-hydroxylation sites is 3. The Morgan fingerprint density at radius 1 is 0.242 bits per heavy atom. The molecule has 0 aliphatic carbocycles. The smallest absolute Gasteiger partial charge is 0.159 e. The molecule has 5 aromatic heterocycles. The highest BCUT2D eigenvalue weighted by atomic mass is 32.1. The predicted molar refractivity (Wildman–Crippen MR) is 392 cm³/mol. The first-order valence-corrected chi connectivity index (χ1v) is 33.2. The van der Waals surface area contributed by atoms with Gasteiger partial charge in [-0.15, -0.1) is 34.0 Å². The molecule has 0 spiro atoms. The fraction of sp³-hybridized carbons (Fsp3) is 0. The van der Waals surface area contributed by atoms with Gasteiger partial charge in [-0.2, -0.15) is 0 Å². The number of hydrogen-bond donors (Lipinski definition) is 0. The first-order chi connectivity index (χ1) is 45.1. The van der Waals surface area contributed by atoms with E-state index in [0.717, 1.165) is 89.1 Å². The van der Waals surface area contributed by atoms with Crippen LogP contribution in [-0.4, -0.2) is 0 Å². The van der Waals surface area contributed by atoms with Crippen LogP contribution in [0.5, 0.6) is 0 Å². The van der Waals surface area contributed by atoms with Crippen LogP contribution in [0.15, 0.2) is 300 Å². The molecule has 0 unspecified atom stereocenters. The number of benzene rings is 15. The second-order valence-corrected chi connectivity index (χ2v) is 27.0. The summed E-state index contributed by atoms with van der Waals surface area (Å²) in [6.07, 6.45) is 0. The van der Waals surface area contributed by atoms with Gasteiger partial charge in [0.05, 0.1) is 11.4 Å². The van der Waals surface area contributed by atoms with Gasteiger partial charge in [0, 0.05) is 105 Å². The van der Waals surface area contributed by atoms with Crippen LogP contribution in [0, 0.1) is 0 Å². The molecule has 4 nitrogen and oxygen atoms in total. The minimum atomic E-state index is 0.852. The van der Waals surface area contributed by atoms with E-state index in [9.17, 15) is 0 Å². The van der Waals surface area contributed by atoms with Gasteiger partial charge in [-0.3, -0.25) is 0 Å². The first kappa shape index (κ1) is 50.9. The minimum absolute atomic E-state index is 0.852. The molecule has 5 heterocycles. The molecule has 7 heteroatoms. The van der Waals surface area contributed by atoms with E-state index in [1.54, 1.807) is 0 Å². The van der Waals surface area contributed by atoms with E-state index in [-0.39, 0.29) is 0 Å². The van der Waals surface area contributed by atoms with Gasteiger partial charge in [0.1, 0.15) is 11.2 Å². The molecule has 0 atom stereocenters. The van der Waals surface area contributed by atoms with Gasteiger partial charge >= 0.3 is 0 Å². The maximum absolute atomic E-state index is 7.12. The molecule has 0 saturated carbocycles. The van der Waals surface area contributed by atoms with Crippen molar-refractivity contribution in [2.75, 3.05) is 9.80 Å². The van der Waals surface area contributed by atoms with Crippen molar-refractivity contribution in [2.24, 2.45) is 0 Å². The SMILES string of the molecule is c1ccc(N(c2ccc3c(c2)sc2ccccc23)c2cccc3c2oc2ccc4c5cc6ccc(-c7cccc(N(c8ccc(-c9cccc%10ccccc9%10)cc8)c8cccc9c8oc8ccc%10c%11cc%12ccccc%12cc%11sc%10c89)c7)cc6cc5sc4c23)cc1. The van der Waals surface area contributed by atoms with E-state index in [4.69, 9.17) is 8.83 Å². The molecule has 0 bridgehead atoms. The minimum Gasteiger partial charge on any atom is -0.454 e. The Morgan fingerprint density at radius 3 is 1.44 bits per heavy atom. The second-order valence-electron chi connectivity index (χ2n) is 23.9. The zero-order chi connectivity index (χ0) is 59.4. The van der Waals surface area contributed by atoms with Crippen molar-refractivity contribution < 1.29 is 8.83 Å². The average Bonchev–Trinajstić information content (AvgIpc) is 1.63. The van der Waals surface area contributed by atoms with Crippen molar-refractivity contribution in [1.29, 1.82) is 0 Å². The molecule has 0 saturated heterocycles. The number of nitrogens with zero attached hydrogens (tertiary/aromatic N) is 2. The third-order valence-electron chi connectivity index (χ3n) is 18.8. The predicted octanol–water partition coefficient (Wildman–Crippen LogP) is 26.3. The van der Waals surface area contributed by atoms with Crippen molar-refractivity contribution in [3.05, 3.63) is 291 Å². The lowest BCUT2D eigenvalue weighted by molar-refractivity contribution is 0.669. The summed E-state index contributed by atoms with van der Waals surface area (Å²) in [7, 11) is 0. The molecule has 424 valence electrons. The first-order valence-electron chi connectivity index (χ1n) is 30.8. The van der Waals surface area contributed by atoms with E-state index in [1.165, 1.54) is 104 Å². The molecule has 0 N–H and O–H groups in total. The van der Waals surface area contributed by atoms with Gasteiger partial charge in [0.2, 0.25) is 0 Å². The van der Waals surface area contributed by atoms with Crippen LogP contribution in [0.4, 0.5) is 34.1 Å². The monoisotopic (exact) mass is 1210 g/mol. The summed E-state index contributed by atoms with van der Waals surface area (Å²) in [5, 5.41) is 19.5. The molecule has 0 aliphatic rings. The Hall–Kier alpha value is -11.1. The Kier molecular flexibility index (Phi) is 11.0. The fourth-order valence-corrected chi connectivity index (χ4v) is 18.2. The van der Waals surface area contributed by atoms with Crippen molar-refractivity contribution in [2.45, 2.75) is 0 Å². The summed E-state index contributed by atoms with van der Waals surface area (Å²) in [6, 6.07) is 107. The summed E-state index contributed by atoms with van der Waals surface area (Å²) in [5.41, 5.74) is 14.3. The van der Waals surface area contributed by atoms with Gasteiger partial charge in [-0.25, -0.2) is 0 Å². The third kappa shape index (κ3) is 7.85. The van der Waals surface area contributed by atoms with Crippen LogP contribution in [0.25, 0.3) is 159 Å². The Bertz CT molecular complexity index is 6420. The highest BCUT2D eigenvalue weighted by molar-refractivity contribution is 7.27. The summed E-state index contributed by atoms with van der Waals surface area (Å²) in [5.74, 6) is 0. The molecule has 0 radical (unpaired) electrons. The van der Waals surface area contributed by atoms with Crippen molar-refractivity contribution in [1.82, 2.24) is 0 Å². The molecule has 15 aromatic carbocycles. The molecule has 20 aromatic rings.